The lowest BCUT2D eigenvalue weighted by Crippen LogP contribution is -2.26. The Kier molecular flexibility index (Phi) is 5.25. The summed E-state index contributed by atoms with van der Waals surface area (Å²) in [5, 5.41) is 4.83. The second-order valence-corrected chi connectivity index (χ2v) is 7.54. The predicted molar refractivity (Wildman–Crippen MR) is 106 cm³/mol. The molecule has 1 fully saturated rings. The number of halogens is 1. The maximum Gasteiger partial charge on any atom is 0.244 e. The summed E-state index contributed by atoms with van der Waals surface area (Å²) in [7, 11) is 0. The van der Waals surface area contributed by atoms with Crippen LogP contribution in [0.5, 0.6) is 0 Å². The van der Waals surface area contributed by atoms with Gasteiger partial charge in [0.1, 0.15) is 0 Å². The van der Waals surface area contributed by atoms with Gasteiger partial charge in [-0.3, -0.25) is 4.90 Å². The third kappa shape index (κ3) is 3.76. The average Bonchev–Trinajstić information content (AvgIpc) is 3.36. The quantitative estimate of drug-likeness (QED) is 0.718. The highest BCUT2D eigenvalue weighted by molar-refractivity contribution is 6.30. The van der Waals surface area contributed by atoms with Crippen LogP contribution in [0.25, 0.3) is 11.4 Å². The topological polar surface area (TPSA) is 68.2 Å². The van der Waals surface area contributed by atoms with Crippen molar-refractivity contribution in [3.8, 4) is 11.4 Å². The Balaban J connectivity index is 1.51. The van der Waals surface area contributed by atoms with Gasteiger partial charge in [-0.2, -0.15) is 4.98 Å². The molecule has 2 N–H and O–H groups in total. The number of likely N-dealkylation sites (tertiary alicyclic amines) is 1. The van der Waals surface area contributed by atoms with Crippen molar-refractivity contribution < 1.29 is 4.52 Å². The number of hydrogen-bond donors (Lipinski definition) is 1. The number of rotatable bonds is 5. The van der Waals surface area contributed by atoms with E-state index in [9.17, 15) is 0 Å². The summed E-state index contributed by atoms with van der Waals surface area (Å²) in [5.74, 6) is 2.07. The van der Waals surface area contributed by atoms with Crippen molar-refractivity contribution in [2.75, 3.05) is 19.6 Å². The molecule has 1 aromatic heterocycles. The first-order valence-corrected chi connectivity index (χ1v) is 9.62. The molecular formula is C21H23ClN4O. The minimum Gasteiger partial charge on any atom is -0.337 e. The first-order valence-electron chi connectivity index (χ1n) is 9.24. The molecule has 1 saturated heterocycles. The molecule has 0 aliphatic carbocycles. The Labute approximate surface area is 164 Å². The van der Waals surface area contributed by atoms with Gasteiger partial charge in [-0.1, -0.05) is 47.1 Å². The number of nitrogens with two attached hydrogens (primary N) is 1. The molecule has 0 spiro atoms. The molecule has 4 rings (SSSR count). The van der Waals surface area contributed by atoms with Gasteiger partial charge in [-0.15, -0.1) is 0 Å². The summed E-state index contributed by atoms with van der Waals surface area (Å²) in [4.78, 5) is 6.99. The summed E-state index contributed by atoms with van der Waals surface area (Å²) >= 11 is 5.95. The van der Waals surface area contributed by atoms with Crippen molar-refractivity contribution in [1.29, 1.82) is 0 Å². The van der Waals surface area contributed by atoms with Crippen LogP contribution < -0.4 is 5.73 Å². The van der Waals surface area contributed by atoms with Crippen LogP contribution in [0.1, 0.15) is 30.3 Å². The average molecular weight is 383 g/mol. The summed E-state index contributed by atoms with van der Waals surface area (Å²) in [6.45, 7) is 4.64. The van der Waals surface area contributed by atoms with E-state index >= 15 is 0 Å². The van der Waals surface area contributed by atoms with Gasteiger partial charge in [0, 0.05) is 29.6 Å². The Bertz CT molecular complexity index is 881. The van der Waals surface area contributed by atoms with Gasteiger partial charge in [0.25, 0.3) is 0 Å². The van der Waals surface area contributed by atoms with E-state index < -0.39 is 0 Å². The zero-order valence-corrected chi connectivity index (χ0v) is 16.0. The van der Waals surface area contributed by atoms with E-state index in [0.29, 0.717) is 35.1 Å². The lowest BCUT2D eigenvalue weighted by atomic mass is 9.89. The van der Waals surface area contributed by atoms with Crippen LogP contribution in [0.15, 0.2) is 59.1 Å². The van der Waals surface area contributed by atoms with Crippen molar-refractivity contribution in [3.63, 3.8) is 0 Å². The molecule has 27 heavy (non-hydrogen) atoms. The molecule has 2 heterocycles. The van der Waals surface area contributed by atoms with Crippen LogP contribution in [0.2, 0.25) is 5.02 Å². The third-order valence-electron chi connectivity index (χ3n) is 5.45. The van der Waals surface area contributed by atoms with E-state index in [0.717, 1.165) is 18.7 Å². The molecule has 1 unspecified atom stereocenters. The highest BCUT2D eigenvalue weighted by Crippen LogP contribution is 2.36. The molecule has 3 atom stereocenters. The highest BCUT2D eigenvalue weighted by atomic mass is 35.5. The van der Waals surface area contributed by atoms with Crippen LogP contribution in [-0.2, 0) is 0 Å². The number of aromatic nitrogens is 2. The van der Waals surface area contributed by atoms with E-state index in [1.54, 1.807) is 0 Å². The smallest absolute Gasteiger partial charge is 0.244 e. The Hall–Kier alpha value is -2.21. The van der Waals surface area contributed by atoms with Crippen molar-refractivity contribution >= 4 is 11.6 Å². The van der Waals surface area contributed by atoms with Gasteiger partial charge in [0.15, 0.2) is 0 Å². The maximum atomic E-state index is 6.07. The van der Waals surface area contributed by atoms with Crippen molar-refractivity contribution in [2.45, 2.75) is 18.9 Å². The predicted octanol–water partition coefficient (Wildman–Crippen LogP) is 4.13. The van der Waals surface area contributed by atoms with Gasteiger partial charge in [-0.05, 0) is 49.2 Å². The molecule has 140 valence electrons. The van der Waals surface area contributed by atoms with Crippen LogP contribution >= 0.6 is 11.6 Å². The summed E-state index contributed by atoms with van der Waals surface area (Å²) in [6.07, 6.45) is 0. The minimum atomic E-state index is 0.0429. The fourth-order valence-electron chi connectivity index (χ4n) is 3.81. The van der Waals surface area contributed by atoms with Crippen molar-refractivity contribution in [2.24, 2.45) is 11.7 Å². The molecule has 0 radical (unpaired) electrons. The molecule has 0 bridgehead atoms. The number of nitrogens with zero attached hydrogens (tertiary/aromatic N) is 3. The number of hydrogen-bond acceptors (Lipinski definition) is 5. The molecule has 2 aromatic carbocycles. The molecule has 6 heteroatoms. The summed E-state index contributed by atoms with van der Waals surface area (Å²) in [6, 6.07) is 18.1. The molecule has 1 aliphatic rings. The van der Waals surface area contributed by atoms with E-state index in [1.807, 2.05) is 30.3 Å². The van der Waals surface area contributed by atoms with Crippen LogP contribution in [-0.4, -0.2) is 34.7 Å². The van der Waals surface area contributed by atoms with Gasteiger partial charge >= 0.3 is 0 Å². The van der Waals surface area contributed by atoms with E-state index in [-0.39, 0.29) is 6.04 Å². The van der Waals surface area contributed by atoms with E-state index in [2.05, 4.69) is 46.2 Å². The normalized spacial score (nSPS) is 21.4. The first-order chi connectivity index (χ1) is 13.2. The standard InChI is InChI=1S/C21H23ClN4O/c1-14(21-24-20(25-27-21)16-7-9-18(22)10-8-16)26-12-17(11-23)19(13-26)15-5-3-2-4-6-15/h2-10,14,17,19H,11-13,23H2,1H3/t14?,17-,19+/m1/s1. The Morgan fingerprint density at radius 2 is 1.89 bits per heavy atom. The van der Waals surface area contributed by atoms with Crippen LogP contribution in [0.4, 0.5) is 0 Å². The Morgan fingerprint density at radius 1 is 1.15 bits per heavy atom. The monoisotopic (exact) mass is 382 g/mol. The molecular weight excluding hydrogens is 360 g/mol. The lowest BCUT2D eigenvalue weighted by Gasteiger charge is -2.21. The van der Waals surface area contributed by atoms with Gasteiger partial charge < -0.3 is 10.3 Å². The fourth-order valence-corrected chi connectivity index (χ4v) is 3.94. The fraction of sp³-hybridized carbons (Fsp3) is 0.333. The van der Waals surface area contributed by atoms with Crippen LogP contribution in [0, 0.1) is 5.92 Å². The molecule has 1 aliphatic heterocycles. The largest absolute Gasteiger partial charge is 0.337 e. The lowest BCUT2D eigenvalue weighted by molar-refractivity contribution is 0.202. The molecule has 0 amide bonds. The van der Waals surface area contributed by atoms with Crippen molar-refractivity contribution in [1.82, 2.24) is 15.0 Å². The molecule has 5 nitrogen and oxygen atoms in total. The zero-order valence-electron chi connectivity index (χ0n) is 15.3. The van der Waals surface area contributed by atoms with Crippen LogP contribution in [0.3, 0.4) is 0 Å². The molecule has 3 aromatic rings. The van der Waals surface area contributed by atoms with E-state index in [1.165, 1.54) is 5.56 Å². The first kappa shape index (κ1) is 18.2. The second kappa shape index (κ2) is 7.80. The third-order valence-corrected chi connectivity index (χ3v) is 5.70. The van der Waals surface area contributed by atoms with Crippen molar-refractivity contribution in [3.05, 3.63) is 71.1 Å². The number of benzene rings is 2. The molecule has 0 saturated carbocycles. The zero-order chi connectivity index (χ0) is 18.8. The maximum absolute atomic E-state index is 6.07. The second-order valence-electron chi connectivity index (χ2n) is 7.11. The minimum absolute atomic E-state index is 0.0429. The highest BCUT2D eigenvalue weighted by Gasteiger charge is 2.36. The van der Waals surface area contributed by atoms with Gasteiger partial charge in [-0.25, -0.2) is 0 Å². The van der Waals surface area contributed by atoms with E-state index in [4.69, 9.17) is 21.9 Å². The summed E-state index contributed by atoms with van der Waals surface area (Å²) in [5.41, 5.74) is 8.30. The summed E-state index contributed by atoms with van der Waals surface area (Å²) < 4.78 is 5.57. The Morgan fingerprint density at radius 3 is 2.59 bits per heavy atom. The SMILES string of the molecule is CC(c1nc(-c2ccc(Cl)cc2)no1)N1C[C@@H](CN)[C@H](c2ccccc2)C1. The van der Waals surface area contributed by atoms with Gasteiger partial charge in [0.2, 0.25) is 11.7 Å². The van der Waals surface area contributed by atoms with Gasteiger partial charge in [0.05, 0.1) is 6.04 Å².